The Morgan fingerprint density at radius 1 is 1.10 bits per heavy atom. The number of carbonyl (C=O) groups excluding carboxylic acids is 1. The average molecular weight is 301 g/mol. The van der Waals surface area contributed by atoms with Crippen LogP contribution < -0.4 is 5.32 Å². The van der Waals surface area contributed by atoms with Crippen molar-refractivity contribution in [3.05, 3.63) is 0 Å². The molecule has 0 atom stereocenters. The molecule has 21 heavy (non-hydrogen) atoms. The van der Waals surface area contributed by atoms with Crippen molar-refractivity contribution >= 4 is 18.0 Å². The van der Waals surface area contributed by atoms with E-state index in [0.29, 0.717) is 19.1 Å². The van der Waals surface area contributed by atoms with E-state index in [0.717, 1.165) is 17.7 Å². The molecule has 8 nitrogen and oxygen atoms in total. The minimum Gasteiger partial charge on any atom is -0.480 e. The Labute approximate surface area is 123 Å². The maximum Gasteiger partial charge on any atom is 0.323 e. The molecular weight excluding hydrogens is 278 g/mol. The van der Waals surface area contributed by atoms with E-state index in [2.05, 4.69) is 10.2 Å². The Morgan fingerprint density at radius 3 is 2.10 bits per heavy atom. The molecule has 0 bridgehead atoms. The third-order valence-electron chi connectivity index (χ3n) is 3.63. The number of aliphatic carboxylic acids is 2. The molecule has 0 spiro atoms. The summed E-state index contributed by atoms with van der Waals surface area (Å²) in [7, 11) is 1.99. The Balaban J connectivity index is 2.34. The molecule has 0 aliphatic heterocycles. The van der Waals surface area contributed by atoms with Gasteiger partial charge in [-0.3, -0.25) is 9.59 Å². The van der Waals surface area contributed by atoms with Gasteiger partial charge < -0.3 is 25.3 Å². The van der Waals surface area contributed by atoms with Crippen LogP contribution in [0.3, 0.4) is 0 Å². The molecule has 1 fully saturated rings. The minimum absolute atomic E-state index is 0.363. The lowest BCUT2D eigenvalue weighted by Gasteiger charge is -2.25. The summed E-state index contributed by atoms with van der Waals surface area (Å²) in [5, 5.41) is 19.9. The maximum atomic E-state index is 11.8. The number of carboxylic acid groups (broad SMARTS) is 2. The van der Waals surface area contributed by atoms with Crippen LogP contribution in [0.15, 0.2) is 0 Å². The minimum atomic E-state index is -1.24. The van der Waals surface area contributed by atoms with Crippen LogP contribution in [0.4, 0.5) is 4.79 Å². The number of hydrogen-bond donors (Lipinski definition) is 3. The third kappa shape index (κ3) is 6.44. The predicted molar refractivity (Wildman–Crippen MR) is 75.1 cm³/mol. The van der Waals surface area contributed by atoms with Crippen molar-refractivity contribution in [3.8, 4) is 0 Å². The lowest BCUT2D eigenvalue weighted by molar-refractivity contribution is -0.140. The number of carboxylic acids is 2. The van der Waals surface area contributed by atoms with Crippen LogP contribution in [0.5, 0.6) is 0 Å². The first-order valence-corrected chi connectivity index (χ1v) is 7.06. The third-order valence-corrected chi connectivity index (χ3v) is 3.63. The van der Waals surface area contributed by atoms with Gasteiger partial charge in [0.1, 0.15) is 13.1 Å². The summed E-state index contributed by atoms with van der Waals surface area (Å²) in [6, 6.07) is -0.129. The molecule has 1 aliphatic carbocycles. The quantitative estimate of drug-likeness (QED) is 0.584. The van der Waals surface area contributed by atoms with E-state index < -0.39 is 31.1 Å². The first-order valence-electron chi connectivity index (χ1n) is 7.06. The SMILES string of the molecule is CN(CCNC(=O)N(CC(=O)O)CC(=O)O)C1CCCC1. The Kier molecular flexibility index (Phi) is 6.93. The van der Waals surface area contributed by atoms with E-state index in [1.165, 1.54) is 12.8 Å². The van der Waals surface area contributed by atoms with Gasteiger partial charge in [0.25, 0.3) is 0 Å². The number of urea groups is 1. The summed E-state index contributed by atoms with van der Waals surface area (Å²) < 4.78 is 0. The number of amides is 2. The van der Waals surface area contributed by atoms with Crippen molar-refractivity contribution < 1.29 is 24.6 Å². The van der Waals surface area contributed by atoms with Gasteiger partial charge in [0.2, 0.25) is 0 Å². The van der Waals surface area contributed by atoms with Gasteiger partial charge in [0, 0.05) is 19.1 Å². The van der Waals surface area contributed by atoms with Gasteiger partial charge in [0.15, 0.2) is 0 Å². The second-order valence-electron chi connectivity index (χ2n) is 5.29. The molecular formula is C13H23N3O5. The zero-order valence-electron chi connectivity index (χ0n) is 12.2. The van der Waals surface area contributed by atoms with Crippen molar-refractivity contribution in [1.29, 1.82) is 0 Å². The standard InChI is InChI=1S/C13H23N3O5/c1-15(10-4-2-3-5-10)7-6-14-13(21)16(8-11(17)18)9-12(19)20/h10H,2-9H2,1H3,(H,14,21)(H,17,18)(H,19,20). The van der Waals surface area contributed by atoms with E-state index in [4.69, 9.17) is 10.2 Å². The molecule has 0 aromatic heterocycles. The van der Waals surface area contributed by atoms with Crippen LogP contribution in [-0.2, 0) is 9.59 Å². The first kappa shape index (κ1) is 17.2. The second-order valence-corrected chi connectivity index (χ2v) is 5.29. The van der Waals surface area contributed by atoms with Gasteiger partial charge in [-0.05, 0) is 19.9 Å². The van der Waals surface area contributed by atoms with Crippen molar-refractivity contribution in [2.45, 2.75) is 31.7 Å². The molecule has 1 aliphatic rings. The molecule has 3 N–H and O–H groups in total. The molecule has 0 heterocycles. The lowest BCUT2D eigenvalue weighted by atomic mass is 10.2. The molecule has 1 rings (SSSR count). The van der Waals surface area contributed by atoms with Gasteiger partial charge in [-0.1, -0.05) is 12.8 Å². The highest BCUT2D eigenvalue weighted by Gasteiger charge is 2.21. The van der Waals surface area contributed by atoms with E-state index in [1.54, 1.807) is 0 Å². The van der Waals surface area contributed by atoms with E-state index in [-0.39, 0.29) is 0 Å². The van der Waals surface area contributed by atoms with Crippen LogP contribution >= 0.6 is 0 Å². The number of hydrogen-bond acceptors (Lipinski definition) is 4. The maximum absolute atomic E-state index is 11.8. The van der Waals surface area contributed by atoms with Gasteiger partial charge >= 0.3 is 18.0 Å². The molecule has 8 heteroatoms. The molecule has 0 aromatic carbocycles. The van der Waals surface area contributed by atoms with Crippen molar-refractivity contribution in [3.63, 3.8) is 0 Å². The van der Waals surface area contributed by atoms with Gasteiger partial charge in [-0.25, -0.2) is 4.79 Å². The van der Waals surface area contributed by atoms with Crippen LogP contribution in [0, 0.1) is 0 Å². The molecule has 2 amide bonds. The summed E-state index contributed by atoms with van der Waals surface area (Å²) in [5.74, 6) is -2.48. The summed E-state index contributed by atoms with van der Waals surface area (Å²) >= 11 is 0. The lowest BCUT2D eigenvalue weighted by Crippen LogP contribution is -2.47. The van der Waals surface area contributed by atoms with E-state index in [9.17, 15) is 14.4 Å². The molecule has 1 saturated carbocycles. The smallest absolute Gasteiger partial charge is 0.323 e. The summed E-state index contributed by atoms with van der Waals surface area (Å²) in [4.78, 5) is 36.0. The fraction of sp³-hybridized carbons (Fsp3) is 0.769. The van der Waals surface area contributed by atoms with E-state index in [1.807, 2.05) is 7.05 Å². The van der Waals surface area contributed by atoms with Crippen LogP contribution in [-0.4, -0.2) is 77.3 Å². The molecule has 0 radical (unpaired) electrons. The highest BCUT2D eigenvalue weighted by molar-refractivity contribution is 5.84. The monoisotopic (exact) mass is 301 g/mol. The Hall–Kier alpha value is -1.83. The molecule has 120 valence electrons. The Bertz CT molecular complexity index is 366. The summed E-state index contributed by atoms with van der Waals surface area (Å²) in [6.45, 7) is -0.237. The number of nitrogens with one attached hydrogen (secondary N) is 1. The van der Waals surface area contributed by atoms with Crippen LogP contribution in [0.25, 0.3) is 0 Å². The second kappa shape index (κ2) is 8.46. The van der Waals surface area contributed by atoms with Crippen LogP contribution in [0.2, 0.25) is 0 Å². The highest BCUT2D eigenvalue weighted by Crippen LogP contribution is 2.21. The highest BCUT2D eigenvalue weighted by atomic mass is 16.4. The van der Waals surface area contributed by atoms with Crippen molar-refractivity contribution in [1.82, 2.24) is 15.1 Å². The number of nitrogens with zero attached hydrogens (tertiary/aromatic N) is 2. The normalized spacial score (nSPS) is 15.1. The predicted octanol–water partition coefficient (Wildman–Crippen LogP) is 0.0416. The molecule has 0 aromatic rings. The van der Waals surface area contributed by atoms with E-state index >= 15 is 0 Å². The molecule has 0 unspecified atom stereocenters. The summed E-state index contributed by atoms with van der Waals surface area (Å²) in [6.07, 6.45) is 4.78. The fourth-order valence-electron chi connectivity index (χ4n) is 2.50. The van der Waals surface area contributed by atoms with Crippen LogP contribution in [0.1, 0.15) is 25.7 Å². The largest absolute Gasteiger partial charge is 0.480 e. The number of carbonyl (C=O) groups is 3. The number of likely N-dealkylation sites (N-methyl/N-ethyl adjacent to an activating group) is 1. The van der Waals surface area contributed by atoms with Gasteiger partial charge in [-0.2, -0.15) is 0 Å². The zero-order chi connectivity index (χ0) is 15.8. The Morgan fingerprint density at radius 2 is 1.62 bits per heavy atom. The zero-order valence-corrected chi connectivity index (χ0v) is 12.2. The topological polar surface area (TPSA) is 110 Å². The first-order chi connectivity index (χ1) is 9.90. The van der Waals surface area contributed by atoms with Crippen molar-refractivity contribution in [2.24, 2.45) is 0 Å². The van der Waals surface area contributed by atoms with Crippen molar-refractivity contribution in [2.75, 3.05) is 33.2 Å². The molecule has 0 saturated heterocycles. The average Bonchev–Trinajstić information content (AvgIpc) is 2.90. The number of rotatable bonds is 8. The fourth-order valence-corrected chi connectivity index (χ4v) is 2.50. The van der Waals surface area contributed by atoms with Gasteiger partial charge in [0.05, 0.1) is 0 Å². The summed E-state index contributed by atoms with van der Waals surface area (Å²) in [5.41, 5.74) is 0. The van der Waals surface area contributed by atoms with Gasteiger partial charge in [-0.15, -0.1) is 0 Å².